The van der Waals surface area contributed by atoms with Crippen LogP contribution < -0.4 is 16.0 Å². The molecule has 0 radical (unpaired) electrons. The number of nitrogens with zero attached hydrogens (tertiary/aromatic N) is 1. The van der Waals surface area contributed by atoms with Gasteiger partial charge in [0.05, 0.1) is 6.54 Å². The lowest BCUT2D eigenvalue weighted by Gasteiger charge is -2.11. The van der Waals surface area contributed by atoms with E-state index in [4.69, 9.17) is 0 Å². The number of anilines is 1. The number of aliphatic imine (C=N–C) groups is 1. The van der Waals surface area contributed by atoms with Crippen molar-refractivity contribution in [2.45, 2.75) is 27.3 Å². The zero-order valence-corrected chi connectivity index (χ0v) is 15.3. The molecule has 0 aliphatic carbocycles. The fraction of sp³-hybridized carbons (Fsp3) is 0.529. The Kier molecular flexibility index (Phi) is 9.21. The van der Waals surface area contributed by atoms with Gasteiger partial charge in [0.15, 0.2) is 5.96 Å². The van der Waals surface area contributed by atoms with Crippen molar-refractivity contribution >= 4 is 29.3 Å². The lowest BCUT2D eigenvalue weighted by Crippen LogP contribution is -2.38. The first-order valence-corrected chi connectivity index (χ1v) is 9.37. The number of carbonyl (C=O) groups is 1. The summed E-state index contributed by atoms with van der Waals surface area (Å²) in [4.78, 5) is 16.2. The number of nitrogens with one attached hydrogen (secondary N) is 3. The minimum atomic E-state index is -0.0192. The molecular weight excluding hydrogens is 308 g/mol. The predicted octanol–water partition coefficient (Wildman–Crippen LogP) is 2.70. The summed E-state index contributed by atoms with van der Waals surface area (Å²) in [5.41, 5.74) is 1.93. The predicted molar refractivity (Wildman–Crippen MR) is 101 cm³/mol. The van der Waals surface area contributed by atoms with E-state index in [0.29, 0.717) is 6.54 Å². The molecule has 0 aromatic heterocycles. The molecule has 1 aromatic carbocycles. The van der Waals surface area contributed by atoms with E-state index < -0.39 is 0 Å². The van der Waals surface area contributed by atoms with Crippen molar-refractivity contribution in [2.75, 3.05) is 30.4 Å². The van der Waals surface area contributed by atoms with E-state index in [0.717, 1.165) is 36.1 Å². The SMILES string of the molecule is CCNC(=NCc1ccc(NC(=O)C(C)C)cc1)NCCSC. The van der Waals surface area contributed by atoms with Crippen LogP contribution in [0.15, 0.2) is 29.3 Å². The minimum Gasteiger partial charge on any atom is -0.357 e. The van der Waals surface area contributed by atoms with Crippen molar-refractivity contribution in [3.8, 4) is 0 Å². The Morgan fingerprint density at radius 3 is 2.48 bits per heavy atom. The van der Waals surface area contributed by atoms with Crippen LogP contribution in [0.4, 0.5) is 5.69 Å². The van der Waals surface area contributed by atoms with Gasteiger partial charge in [-0.2, -0.15) is 11.8 Å². The Labute approximate surface area is 143 Å². The third kappa shape index (κ3) is 7.93. The molecule has 23 heavy (non-hydrogen) atoms. The molecule has 0 saturated heterocycles. The molecule has 0 fully saturated rings. The van der Waals surface area contributed by atoms with Crippen molar-refractivity contribution < 1.29 is 4.79 Å². The number of guanidine groups is 1. The van der Waals surface area contributed by atoms with E-state index in [2.05, 4.69) is 34.1 Å². The molecule has 3 N–H and O–H groups in total. The summed E-state index contributed by atoms with van der Waals surface area (Å²) >= 11 is 1.80. The third-order valence-electron chi connectivity index (χ3n) is 3.11. The van der Waals surface area contributed by atoms with Crippen LogP contribution in [0.3, 0.4) is 0 Å². The smallest absolute Gasteiger partial charge is 0.226 e. The topological polar surface area (TPSA) is 65.5 Å². The molecule has 5 nitrogen and oxygen atoms in total. The van der Waals surface area contributed by atoms with E-state index in [1.54, 1.807) is 11.8 Å². The molecule has 1 aromatic rings. The van der Waals surface area contributed by atoms with E-state index in [1.807, 2.05) is 38.1 Å². The molecule has 6 heteroatoms. The lowest BCUT2D eigenvalue weighted by molar-refractivity contribution is -0.118. The summed E-state index contributed by atoms with van der Waals surface area (Å²) in [6.45, 7) is 8.15. The molecule has 1 rings (SSSR count). The van der Waals surface area contributed by atoms with Crippen molar-refractivity contribution in [2.24, 2.45) is 10.9 Å². The third-order valence-corrected chi connectivity index (χ3v) is 3.72. The number of thioether (sulfide) groups is 1. The van der Waals surface area contributed by atoms with Crippen LogP contribution in [-0.2, 0) is 11.3 Å². The number of hydrogen-bond donors (Lipinski definition) is 3. The summed E-state index contributed by atoms with van der Waals surface area (Å²) in [7, 11) is 0. The first kappa shape index (κ1) is 19.4. The van der Waals surface area contributed by atoms with E-state index in [9.17, 15) is 4.79 Å². The second-order valence-electron chi connectivity index (χ2n) is 5.46. The minimum absolute atomic E-state index is 0.0192. The van der Waals surface area contributed by atoms with Crippen molar-refractivity contribution in [1.82, 2.24) is 10.6 Å². The maximum Gasteiger partial charge on any atom is 0.226 e. The molecule has 128 valence electrons. The van der Waals surface area contributed by atoms with E-state index >= 15 is 0 Å². The van der Waals surface area contributed by atoms with Crippen LogP contribution in [0.25, 0.3) is 0 Å². The van der Waals surface area contributed by atoms with Gasteiger partial charge in [-0.1, -0.05) is 26.0 Å². The quantitative estimate of drug-likeness (QED) is 0.388. The zero-order valence-electron chi connectivity index (χ0n) is 14.5. The van der Waals surface area contributed by atoms with Crippen LogP contribution >= 0.6 is 11.8 Å². The Balaban J connectivity index is 2.57. The van der Waals surface area contributed by atoms with Gasteiger partial charge in [-0.3, -0.25) is 4.79 Å². The van der Waals surface area contributed by atoms with Gasteiger partial charge in [-0.05, 0) is 30.9 Å². The highest BCUT2D eigenvalue weighted by molar-refractivity contribution is 7.98. The van der Waals surface area contributed by atoms with Gasteiger partial charge in [0.2, 0.25) is 5.91 Å². The fourth-order valence-corrected chi connectivity index (χ4v) is 2.07. The van der Waals surface area contributed by atoms with Crippen molar-refractivity contribution in [3.05, 3.63) is 29.8 Å². The Bertz CT molecular complexity index is 500. The Hall–Kier alpha value is -1.69. The summed E-state index contributed by atoms with van der Waals surface area (Å²) in [5, 5.41) is 9.42. The lowest BCUT2D eigenvalue weighted by atomic mass is 10.2. The van der Waals surface area contributed by atoms with Gasteiger partial charge in [-0.25, -0.2) is 4.99 Å². The monoisotopic (exact) mass is 336 g/mol. The summed E-state index contributed by atoms with van der Waals surface area (Å²) in [5.74, 6) is 1.89. The molecule has 0 aliphatic heterocycles. The molecule has 0 spiro atoms. The Morgan fingerprint density at radius 2 is 1.91 bits per heavy atom. The van der Waals surface area contributed by atoms with Crippen molar-refractivity contribution in [3.63, 3.8) is 0 Å². The fourth-order valence-electron chi connectivity index (χ4n) is 1.76. The van der Waals surface area contributed by atoms with Crippen LogP contribution in [0.2, 0.25) is 0 Å². The largest absolute Gasteiger partial charge is 0.357 e. The second kappa shape index (κ2) is 10.9. The van der Waals surface area contributed by atoms with Gasteiger partial charge in [0, 0.05) is 30.4 Å². The average Bonchev–Trinajstić information content (AvgIpc) is 2.54. The van der Waals surface area contributed by atoms with Crippen LogP contribution in [0.5, 0.6) is 0 Å². The van der Waals surface area contributed by atoms with Crippen LogP contribution in [0, 0.1) is 5.92 Å². The zero-order chi connectivity index (χ0) is 17.1. The van der Waals surface area contributed by atoms with E-state index in [1.165, 1.54) is 0 Å². The van der Waals surface area contributed by atoms with Gasteiger partial charge in [0.25, 0.3) is 0 Å². The molecule has 0 aliphatic rings. The van der Waals surface area contributed by atoms with Crippen LogP contribution in [-0.4, -0.2) is 37.0 Å². The maximum atomic E-state index is 11.7. The second-order valence-corrected chi connectivity index (χ2v) is 6.44. The number of rotatable bonds is 8. The number of amides is 1. The van der Waals surface area contributed by atoms with Gasteiger partial charge in [-0.15, -0.1) is 0 Å². The van der Waals surface area contributed by atoms with Crippen LogP contribution in [0.1, 0.15) is 26.3 Å². The summed E-state index contributed by atoms with van der Waals surface area (Å²) in [6.07, 6.45) is 2.09. The average molecular weight is 337 g/mol. The standard InChI is InChI=1S/C17H28N4OS/c1-5-18-17(19-10-11-23-4)20-12-14-6-8-15(9-7-14)21-16(22)13(2)3/h6-9,13H,5,10-12H2,1-4H3,(H,21,22)(H2,18,19,20). The molecular formula is C17H28N4OS. The van der Waals surface area contributed by atoms with Crippen molar-refractivity contribution in [1.29, 1.82) is 0 Å². The normalized spacial score (nSPS) is 11.4. The van der Waals surface area contributed by atoms with E-state index in [-0.39, 0.29) is 11.8 Å². The summed E-state index contributed by atoms with van der Waals surface area (Å²) in [6, 6.07) is 7.81. The summed E-state index contributed by atoms with van der Waals surface area (Å²) < 4.78 is 0. The van der Waals surface area contributed by atoms with Gasteiger partial charge in [0.1, 0.15) is 0 Å². The highest BCUT2D eigenvalue weighted by Gasteiger charge is 2.06. The van der Waals surface area contributed by atoms with Gasteiger partial charge >= 0.3 is 0 Å². The maximum absolute atomic E-state index is 11.7. The Morgan fingerprint density at radius 1 is 1.22 bits per heavy atom. The number of carbonyl (C=O) groups excluding carboxylic acids is 1. The highest BCUT2D eigenvalue weighted by atomic mass is 32.2. The molecule has 0 saturated carbocycles. The number of hydrogen-bond acceptors (Lipinski definition) is 3. The van der Waals surface area contributed by atoms with Gasteiger partial charge < -0.3 is 16.0 Å². The first-order chi connectivity index (χ1) is 11.1. The molecule has 1 amide bonds. The molecule has 0 bridgehead atoms. The molecule has 0 heterocycles. The first-order valence-electron chi connectivity index (χ1n) is 7.97. The number of benzene rings is 1. The molecule has 0 unspecified atom stereocenters. The molecule has 0 atom stereocenters. The highest BCUT2D eigenvalue weighted by Crippen LogP contribution is 2.11.